The molecular formula is C16H23NO2. The van der Waals surface area contributed by atoms with E-state index in [0.717, 1.165) is 25.9 Å². The number of likely N-dealkylation sites (tertiary alicyclic amines) is 1. The maximum Gasteiger partial charge on any atom is 0.223 e. The van der Waals surface area contributed by atoms with Crippen LogP contribution in [0.3, 0.4) is 0 Å². The number of benzene rings is 1. The Morgan fingerprint density at radius 2 is 2.05 bits per heavy atom. The fourth-order valence-corrected chi connectivity index (χ4v) is 2.82. The van der Waals surface area contributed by atoms with Gasteiger partial charge in [-0.25, -0.2) is 0 Å². The van der Waals surface area contributed by atoms with E-state index in [4.69, 9.17) is 4.74 Å². The highest BCUT2D eigenvalue weighted by Gasteiger charge is 2.29. The van der Waals surface area contributed by atoms with Crippen molar-refractivity contribution in [2.24, 2.45) is 5.92 Å². The van der Waals surface area contributed by atoms with Gasteiger partial charge in [0.15, 0.2) is 0 Å². The van der Waals surface area contributed by atoms with Crippen LogP contribution in [0, 0.1) is 5.92 Å². The molecule has 0 saturated carbocycles. The zero-order chi connectivity index (χ0) is 13.7. The Morgan fingerprint density at radius 3 is 2.74 bits per heavy atom. The molecular weight excluding hydrogens is 238 g/mol. The molecule has 104 valence electrons. The fraction of sp³-hybridized carbons (Fsp3) is 0.562. The summed E-state index contributed by atoms with van der Waals surface area (Å²) in [6.07, 6.45) is 2.76. The summed E-state index contributed by atoms with van der Waals surface area (Å²) in [5.74, 6) is 0.730. The molecule has 2 rings (SSSR count). The van der Waals surface area contributed by atoms with Crippen LogP contribution in [-0.2, 0) is 22.4 Å². The SMILES string of the molecule is CCc1ccccc1C[C@@H]1CC(=O)N(CCOC)C1. The summed E-state index contributed by atoms with van der Waals surface area (Å²) < 4.78 is 5.05. The Balaban J connectivity index is 1.95. The van der Waals surface area contributed by atoms with Crippen LogP contribution in [0.25, 0.3) is 0 Å². The van der Waals surface area contributed by atoms with Crippen molar-refractivity contribution >= 4 is 5.91 Å². The highest BCUT2D eigenvalue weighted by molar-refractivity contribution is 5.78. The molecule has 3 heteroatoms. The molecule has 1 aliphatic rings. The van der Waals surface area contributed by atoms with E-state index in [-0.39, 0.29) is 5.91 Å². The molecule has 19 heavy (non-hydrogen) atoms. The average molecular weight is 261 g/mol. The molecule has 1 aromatic carbocycles. The van der Waals surface area contributed by atoms with Gasteiger partial charge in [0.1, 0.15) is 0 Å². The number of aryl methyl sites for hydroxylation is 1. The minimum atomic E-state index is 0.274. The molecule has 0 aromatic heterocycles. The summed E-state index contributed by atoms with van der Waals surface area (Å²) in [4.78, 5) is 13.8. The van der Waals surface area contributed by atoms with E-state index in [1.165, 1.54) is 11.1 Å². The van der Waals surface area contributed by atoms with Crippen LogP contribution < -0.4 is 0 Å². The lowest BCUT2D eigenvalue weighted by molar-refractivity contribution is -0.128. The van der Waals surface area contributed by atoms with Crippen LogP contribution in [0.2, 0.25) is 0 Å². The highest BCUT2D eigenvalue weighted by Crippen LogP contribution is 2.23. The van der Waals surface area contributed by atoms with Crippen LogP contribution in [0.15, 0.2) is 24.3 Å². The minimum Gasteiger partial charge on any atom is -0.383 e. The van der Waals surface area contributed by atoms with E-state index < -0.39 is 0 Å². The van der Waals surface area contributed by atoms with Gasteiger partial charge in [-0.1, -0.05) is 31.2 Å². The molecule has 1 amide bonds. The van der Waals surface area contributed by atoms with Crippen molar-refractivity contribution in [1.29, 1.82) is 0 Å². The number of rotatable bonds is 6. The summed E-state index contributed by atoms with van der Waals surface area (Å²) >= 11 is 0. The second kappa shape index (κ2) is 6.71. The molecule has 0 aliphatic carbocycles. The van der Waals surface area contributed by atoms with Crippen molar-refractivity contribution in [2.45, 2.75) is 26.2 Å². The lowest BCUT2D eigenvalue weighted by Crippen LogP contribution is -2.28. The first-order chi connectivity index (χ1) is 9.24. The van der Waals surface area contributed by atoms with Gasteiger partial charge in [-0.3, -0.25) is 4.79 Å². The Bertz CT molecular complexity index is 431. The Labute approximate surface area is 115 Å². The number of carbonyl (C=O) groups is 1. The lowest BCUT2D eigenvalue weighted by atomic mass is 9.94. The van der Waals surface area contributed by atoms with E-state index in [1.807, 2.05) is 4.90 Å². The van der Waals surface area contributed by atoms with E-state index in [1.54, 1.807) is 7.11 Å². The van der Waals surface area contributed by atoms with Crippen LogP contribution >= 0.6 is 0 Å². The van der Waals surface area contributed by atoms with Crippen molar-refractivity contribution in [3.63, 3.8) is 0 Å². The fourth-order valence-electron chi connectivity index (χ4n) is 2.82. The maximum atomic E-state index is 11.9. The average Bonchev–Trinajstić information content (AvgIpc) is 2.77. The van der Waals surface area contributed by atoms with Gasteiger partial charge in [0.2, 0.25) is 5.91 Å². The number of ether oxygens (including phenoxy) is 1. The van der Waals surface area contributed by atoms with E-state index >= 15 is 0 Å². The molecule has 1 saturated heterocycles. The quantitative estimate of drug-likeness (QED) is 0.786. The van der Waals surface area contributed by atoms with Gasteiger partial charge in [-0.05, 0) is 29.9 Å². The minimum absolute atomic E-state index is 0.274. The van der Waals surface area contributed by atoms with Crippen LogP contribution in [0.4, 0.5) is 0 Å². The third kappa shape index (κ3) is 3.57. The van der Waals surface area contributed by atoms with Gasteiger partial charge >= 0.3 is 0 Å². The molecule has 1 fully saturated rings. The van der Waals surface area contributed by atoms with E-state index in [9.17, 15) is 4.79 Å². The number of amides is 1. The summed E-state index contributed by atoms with van der Waals surface area (Å²) in [5, 5.41) is 0. The normalized spacial score (nSPS) is 19.2. The number of nitrogens with zero attached hydrogens (tertiary/aromatic N) is 1. The Morgan fingerprint density at radius 1 is 1.32 bits per heavy atom. The van der Waals surface area contributed by atoms with Crippen molar-refractivity contribution in [3.05, 3.63) is 35.4 Å². The molecule has 0 unspecified atom stereocenters. The second-order valence-electron chi connectivity index (χ2n) is 5.23. The van der Waals surface area contributed by atoms with E-state index in [2.05, 4.69) is 31.2 Å². The predicted molar refractivity (Wildman–Crippen MR) is 76.1 cm³/mol. The smallest absolute Gasteiger partial charge is 0.223 e. The van der Waals surface area contributed by atoms with Gasteiger partial charge in [0.25, 0.3) is 0 Å². The zero-order valence-electron chi connectivity index (χ0n) is 11.9. The standard InChI is InChI=1S/C16H23NO2/c1-3-14-6-4-5-7-15(14)10-13-11-16(18)17(12-13)8-9-19-2/h4-7,13H,3,8-12H2,1-2H3/t13-/m1/s1. The third-order valence-corrected chi connectivity index (χ3v) is 3.87. The van der Waals surface area contributed by atoms with Gasteiger partial charge < -0.3 is 9.64 Å². The second-order valence-corrected chi connectivity index (χ2v) is 5.23. The molecule has 1 heterocycles. The first-order valence-corrected chi connectivity index (χ1v) is 7.08. The third-order valence-electron chi connectivity index (χ3n) is 3.87. The first-order valence-electron chi connectivity index (χ1n) is 7.08. The Kier molecular flexibility index (Phi) is 4.97. The molecule has 3 nitrogen and oxygen atoms in total. The molecule has 1 aliphatic heterocycles. The van der Waals surface area contributed by atoms with Crippen molar-refractivity contribution in [1.82, 2.24) is 4.90 Å². The summed E-state index contributed by atoms with van der Waals surface area (Å²) in [6.45, 7) is 4.41. The predicted octanol–water partition coefficient (Wildman–Crippen LogP) is 2.29. The molecule has 1 aromatic rings. The molecule has 0 spiro atoms. The van der Waals surface area contributed by atoms with E-state index in [0.29, 0.717) is 18.9 Å². The first kappa shape index (κ1) is 14.1. The number of hydrogen-bond acceptors (Lipinski definition) is 2. The highest BCUT2D eigenvalue weighted by atomic mass is 16.5. The van der Waals surface area contributed by atoms with Crippen LogP contribution in [0.5, 0.6) is 0 Å². The largest absolute Gasteiger partial charge is 0.383 e. The molecule has 0 N–H and O–H groups in total. The summed E-state index contributed by atoms with van der Waals surface area (Å²) in [5.41, 5.74) is 2.81. The molecule has 1 atom stereocenters. The van der Waals surface area contributed by atoms with Crippen LogP contribution in [-0.4, -0.2) is 37.6 Å². The van der Waals surface area contributed by atoms with Crippen molar-refractivity contribution in [2.75, 3.05) is 26.8 Å². The monoisotopic (exact) mass is 261 g/mol. The molecule has 0 radical (unpaired) electrons. The van der Waals surface area contributed by atoms with Gasteiger partial charge in [-0.2, -0.15) is 0 Å². The van der Waals surface area contributed by atoms with Gasteiger partial charge in [0, 0.05) is 26.6 Å². The van der Waals surface area contributed by atoms with Crippen molar-refractivity contribution < 1.29 is 9.53 Å². The number of hydrogen-bond donors (Lipinski definition) is 0. The number of carbonyl (C=O) groups excluding carboxylic acids is 1. The molecule has 0 bridgehead atoms. The Hall–Kier alpha value is -1.35. The van der Waals surface area contributed by atoms with Gasteiger partial charge in [-0.15, -0.1) is 0 Å². The van der Waals surface area contributed by atoms with Gasteiger partial charge in [0.05, 0.1) is 6.61 Å². The summed E-state index contributed by atoms with van der Waals surface area (Å²) in [6, 6.07) is 8.57. The van der Waals surface area contributed by atoms with Crippen molar-refractivity contribution in [3.8, 4) is 0 Å². The lowest BCUT2D eigenvalue weighted by Gasteiger charge is -2.16. The topological polar surface area (TPSA) is 29.5 Å². The zero-order valence-corrected chi connectivity index (χ0v) is 11.9. The van der Waals surface area contributed by atoms with Crippen LogP contribution in [0.1, 0.15) is 24.5 Å². The number of methoxy groups -OCH3 is 1. The summed E-state index contributed by atoms with van der Waals surface area (Å²) in [7, 11) is 1.68. The maximum absolute atomic E-state index is 11.9.